The Labute approximate surface area is 151 Å². The second-order valence-electron chi connectivity index (χ2n) is 6.17. The van der Waals surface area contributed by atoms with Crippen LogP contribution >= 0.6 is 0 Å². The van der Waals surface area contributed by atoms with Gasteiger partial charge in [-0.05, 0) is 43.3 Å². The van der Waals surface area contributed by atoms with E-state index in [-0.39, 0.29) is 18.1 Å². The lowest BCUT2D eigenvalue weighted by molar-refractivity contribution is 0.340. The molecule has 2 N–H and O–H groups in total. The molecule has 0 bridgehead atoms. The van der Waals surface area contributed by atoms with Crippen LogP contribution < -0.4 is 9.64 Å². The Bertz CT molecular complexity index is 1020. The zero-order chi connectivity index (χ0) is 18.3. The lowest BCUT2D eigenvalue weighted by atomic mass is 10.2. The van der Waals surface area contributed by atoms with Crippen molar-refractivity contribution in [3.63, 3.8) is 0 Å². The van der Waals surface area contributed by atoms with E-state index >= 15 is 0 Å². The number of hydrogen-bond acceptors (Lipinski definition) is 4. The molecule has 0 unspecified atom stereocenters. The van der Waals surface area contributed by atoms with E-state index in [0.717, 1.165) is 22.5 Å². The maximum atomic E-state index is 10.6. The molecule has 132 valence electrons. The second-order valence-corrected chi connectivity index (χ2v) is 6.17. The van der Waals surface area contributed by atoms with Crippen LogP contribution in [0.1, 0.15) is 12.7 Å². The van der Waals surface area contributed by atoms with Crippen molar-refractivity contribution in [3.05, 3.63) is 60.1 Å². The monoisotopic (exact) mass is 348 g/mol. The van der Waals surface area contributed by atoms with E-state index in [1.165, 1.54) is 0 Å². The van der Waals surface area contributed by atoms with Gasteiger partial charge in [-0.15, -0.1) is 0 Å². The number of ether oxygens (including phenoxy) is 1. The first-order valence-electron chi connectivity index (χ1n) is 8.53. The number of hydrogen-bond donors (Lipinski definition) is 2. The molecule has 0 amide bonds. The highest BCUT2D eigenvalue weighted by Gasteiger charge is 2.32. The van der Waals surface area contributed by atoms with Gasteiger partial charge >= 0.3 is 0 Å². The maximum Gasteiger partial charge on any atom is 0.148 e. The summed E-state index contributed by atoms with van der Waals surface area (Å²) in [5.74, 6) is 1.78. The maximum absolute atomic E-state index is 10.6. The van der Waals surface area contributed by atoms with E-state index in [0.29, 0.717) is 18.0 Å². The smallest absolute Gasteiger partial charge is 0.148 e. The first-order chi connectivity index (χ1) is 12.6. The fourth-order valence-corrected chi connectivity index (χ4v) is 3.29. The molecule has 1 aromatic heterocycles. The molecule has 0 aliphatic carbocycles. The van der Waals surface area contributed by atoms with Crippen LogP contribution in [0.3, 0.4) is 0 Å². The molecule has 3 aromatic rings. The molecule has 0 saturated heterocycles. The van der Waals surface area contributed by atoms with Crippen molar-refractivity contribution < 1.29 is 9.84 Å². The predicted octanol–water partition coefficient (Wildman–Crippen LogP) is 3.74. The zero-order valence-corrected chi connectivity index (χ0v) is 14.7. The van der Waals surface area contributed by atoms with Crippen LogP contribution in [0.2, 0.25) is 0 Å². The summed E-state index contributed by atoms with van der Waals surface area (Å²) < 4.78 is 7.38. The molecule has 2 aromatic carbocycles. The molecule has 2 heterocycles. The second kappa shape index (κ2) is 6.22. The molecule has 0 radical (unpaired) electrons. The van der Waals surface area contributed by atoms with E-state index in [9.17, 15) is 5.11 Å². The number of fused-ring (bicyclic) bond motifs is 1. The number of aromatic nitrogens is 2. The molecule has 6 heteroatoms. The summed E-state index contributed by atoms with van der Waals surface area (Å²) in [4.78, 5) is 6.38. The third-order valence-corrected chi connectivity index (χ3v) is 4.57. The first-order valence-corrected chi connectivity index (χ1v) is 8.53. The highest BCUT2D eigenvalue weighted by atomic mass is 16.5. The molecule has 0 atom stereocenters. The lowest BCUT2D eigenvalue weighted by Gasteiger charge is -2.19. The number of amidine groups is 1. The Hall–Kier alpha value is -3.28. The number of anilines is 1. The number of rotatable bonds is 4. The number of nitrogens with one attached hydrogen (secondary N) is 1. The Kier molecular flexibility index (Phi) is 3.88. The average molecular weight is 348 g/mol. The number of aliphatic hydroxyl groups excluding tert-OH is 1. The van der Waals surface area contributed by atoms with Gasteiger partial charge in [0, 0.05) is 12.7 Å². The van der Waals surface area contributed by atoms with Gasteiger partial charge in [-0.2, -0.15) is 0 Å². The molecule has 0 saturated carbocycles. The minimum Gasteiger partial charge on any atom is -0.509 e. The average Bonchev–Trinajstić information content (AvgIpc) is 3.13. The number of benzene rings is 2. The van der Waals surface area contributed by atoms with Gasteiger partial charge in [0.1, 0.15) is 23.2 Å². The van der Waals surface area contributed by atoms with Crippen LogP contribution in [-0.2, 0) is 7.05 Å². The molecule has 6 nitrogen and oxygen atoms in total. The number of aryl methyl sites for hydroxylation is 1. The van der Waals surface area contributed by atoms with Crippen molar-refractivity contribution in [2.75, 3.05) is 18.1 Å². The molecule has 1 aliphatic rings. The summed E-state index contributed by atoms with van der Waals surface area (Å²) in [5, 5.41) is 19.1. The standard InChI is InChI=1S/C20H20N4O2/c1-3-26-14-10-8-13(9-11-14)24-12-17(25)18(19(24)21)20-22-15-6-4-5-7-16(15)23(20)2/h4-11,21,25H,3,12H2,1-2H3. The summed E-state index contributed by atoms with van der Waals surface area (Å²) in [6.07, 6.45) is 0. The van der Waals surface area contributed by atoms with Crippen molar-refractivity contribution in [3.8, 4) is 5.75 Å². The van der Waals surface area contributed by atoms with E-state index in [4.69, 9.17) is 10.1 Å². The van der Waals surface area contributed by atoms with Crippen LogP contribution in [0.25, 0.3) is 16.6 Å². The summed E-state index contributed by atoms with van der Waals surface area (Å²) in [7, 11) is 1.90. The van der Waals surface area contributed by atoms with Crippen molar-refractivity contribution >= 4 is 28.1 Å². The van der Waals surface area contributed by atoms with Gasteiger partial charge in [0.2, 0.25) is 0 Å². The van der Waals surface area contributed by atoms with Crippen molar-refractivity contribution in [1.82, 2.24) is 9.55 Å². The molecule has 4 rings (SSSR count). The van der Waals surface area contributed by atoms with Crippen LogP contribution in [0.4, 0.5) is 5.69 Å². The van der Waals surface area contributed by atoms with Gasteiger partial charge in [0.25, 0.3) is 0 Å². The van der Waals surface area contributed by atoms with E-state index in [2.05, 4.69) is 4.98 Å². The van der Waals surface area contributed by atoms with E-state index in [1.807, 2.05) is 67.1 Å². The van der Waals surface area contributed by atoms with Crippen molar-refractivity contribution in [2.24, 2.45) is 7.05 Å². The SMILES string of the molecule is CCOc1ccc(N2CC(O)=C(c3nc4ccccc4n3C)C2=N)cc1. The molecule has 26 heavy (non-hydrogen) atoms. The Balaban J connectivity index is 1.69. The number of aliphatic hydroxyl groups is 1. The fourth-order valence-electron chi connectivity index (χ4n) is 3.29. The number of nitrogens with zero attached hydrogens (tertiary/aromatic N) is 3. The Morgan fingerprint density at radius 3 is 2.58 bits per heavy atom. The first kappa shape index (κ1) is 16.2. The van der Waals surface area contributed by atoms with Crippen LogP contribution in [0, 0.1) is 5.41 Å². The number of para-hydroxylation sites is 2. The van der Waals surface area contributed by atoms with Gasteiger partial charge in [0.15, 0.2) is 0 Å². The van der Waals surface area contributed by atoms with E-state index in [1.54, 1.807) is 4.90 Å². The van der Waals surface area contributed by atoms with Gasteiger partial charge in [0.05, 0.1) is 29.8 Å². The molecular weight excluding hydrogens is 328 g/mol. The van der Waals surface area contributed by atoms with Gasteiger partial charge in [-0.1, -0.05) is 12.1 Å². The topological polar surface area (TPSA) is 74.4 Å². The van der Waals surface area contributed by atoms with Gasteiger partial charge in [-0.3, -0.25) is 5.41 Å². The molecular formula is C20H20N4O2. The van der Waals surface area contributed by atoms with Crippen LogP contribution in [0.15, 0.2) is 54.3 Å². The van der Waals surface area contributed by atoms with Crippen LogP contribution in [-0.4, -0.2) is 33.6 Å². The lowest BCUT2D eigenvalue weighted by Crippen LogP contribution is -2.26. The Morgan fingerprint density at radius 1 is 1.15 bits per heavy atom. The Morgan fingerprint density at radius 2 is 1.88 bits per heavy atom. The van der Waals surface area contributed by atoms with Gasteiger partial charge in [-0.25, -0.2) is 4.98 Å². The summed E-state index contributed by atoms with van der Waals surface area (Å²) >= 11 is 0. The molecule has 0 spiro atoms. The third-order valence-electron chi connectivity index (χ3n) is 4.57. The third kappa shape index (κ3) is 2.50. The van der Waals surface area contributed by atoms with Crippen molar-refractivity contribution in [2.45, 2.75) is 6.92 Å². The summed E-state index contributed by atoms with van der Waals surface area (Å²) in [6.45, 7) is 2.80. The summed E-state index contributed by atoms with van der Waals surface area (Å²) in [6, 6.07) is 15.3. The van der Waals surface area contributed by atoms with Gasteiger partial charge < -0.3 is 19.3 Å². The predicted molar refractivity (Wildman–Crippen MR) is 103 cm³/mol. The summed E-state index contributed by atoms with van der Waals surface area (Å²) in [5.41, 5.74) is 3.11. The largest absolute Gasteiger partial charge is 0.509 e. The van der Waals surface area contributed by atoms with Crippen molar-refractivity contribution in [1.29, 1.82) is 5.41 Å². The highest BCUT2D eigenvalue weighted by Crippen LogP contribution is 2.32. The number of imidazole rings is 1. The molecule has 0 fully saturated rings. The molecule has 1 aliphatic heterocycles. The quantitative estimate of drug-likeness (QED) is 0.753. The minimum absolute atomic E-state index is 0.155. The minimum atomic E-state index is 0.155. The van der Waals surface area contributed by atoms with E-state index < -0.39 is 0 Å². The van der Waals surface area contributed by atoms with Crippen LogP contribution in [0.5, 0.6) is 5.75 Å². The zero-order valence-electron chi connectivity index (χ0n) is 14.7. The fraction of sp³-hybridized carbons (Fsp3) is 0.200. The normalized spacial score (nSPS) is 14.5. The highest BCUT2D eigenvalue weighted by molar-refractivity contribution is 6.30.